The lowest BCUT2D eigenvalue weighted by Gasteiger charge is -2.09. The van der Waals surface area contributed by atoms with Gasteiger partial charge in [-0.3, -0.25) is 19.7 Å². The van der Waals surface area contributed by atoms with Crippen LogP contribution in [-0.2, 0) is 10.1 Å². The molecule has 0 saturated carbocycles. The molecule has 2 amide bonds. The fourth-order valence-electron chi connectivity index (χ4n) is 2.64. The van der Waals surface area contributed by atoms with Crippen LogP contribution in [0.15, 0.2) is 77.7 Å². The average Bonchev–Trinajstić information content (AvgIpc) is 2.79. The molecular weight excluding hydrogens is 438 g/mol. The van der Waals surface area contributed by atoms with Gasteiger partial charge in [0, 0.05) is 36.0 Å². The Bertz CT molecular complexity index is 1270. The zero-order valence-electron chi connectivity index (χ0n) is 16.6. The van der Waals surface area contributed by atoms with E-state index in [2.05, 4.69) is 10.6 Å². The van der Waals surface area contributed by atoms with Gasteiger partial charge in [-0.1, -0.05) is 6.07 Å². The molecule has 3 rings (SSSR count). The Kier molecular flexibility index (Phi) is 6.50. The van der Waals surface area contributed by atoms with Crippen LogP contribution in [0.5, 0.6) is 5.75 Å². The van der Waals surface area contributed by atoms with Crippen LogP contribution in [0.2, 0.25) is 0 Å². The lowest BCUT2D eigenvalue weighted by atomic mass is 10.1. The van der Waals surface area contributed by atoms with E-state index in [0.717, 1.165) is 6.07 Å². The minimum Gasteiger partial charge on any atom is -0.379 e. The molecule has 164 valence electrons. The number of benzene rings is 3. The van der Waals surface area contributed by atoms with Gasteiger partial charge in [0.2, 0.25) is 0 Å². The average molecular weight is 455 g/mol. The van der Waals surface area contributed by atoms with Crippen LogP contribution in [0.4, 0.5) is 11.4 Å². The number of anilines is 1. The van der Waals surface area contributed by atoms with E-state index in [9.17, 15) is 28.1 Å². The van der Waals surface area contributed by atoms with E-state index in [1.54, 1.807) is 24.3 Å². The number of rotatable bonds is 7. The summed E-state index contributed by atoms with van der Waals surface area (Å²) >= 11 is 0. The molecule has 0 atom stereocenters. The summed E-state index contributed by atoms with van der Waals surface area (Å²) in [4.78, 5) is 33.7. The summed E-state index contributed by atoms with van der Waals surface area (Å²) in [5.41, 5.74) is 0.763. The van der Waals surface area contributed by atoms with E-state index >= 15 is 0 Å². The van der Waals surface area contributed by atoms with Gasteiger partial charge in [0.1, 0.15) is 10.6 Å². The normalized spacial score (nSPS) is 10.8. The fraction of sp³-hybridized carbons (Fsp3) is 0.0476. The van der Waals surface area contributed by atoms with Gasteiger partial charge in [0.25, 0.3) is 17.5 Å². The van der Waals surface area contributed by atoms with Gasteiger partial charge in [-0.15, -0.1) is 0 Å². The van der Waals surface area contributed by atoms with E-state index in [1.165, 1.54) is 49.5 Å². The van der Waals surface area contributed by atoms with Crippen molar-refractivity contribution < 1.29 is 27.1 Å². The summed E-state index contributed by atoms with van der Waals surface area (Å²) in [6.07, 6.45) is 0. The largest absolute Gasteiger partial charge is 0.379 e. The molecule has 0 aliphatic carbocycles. The minimum absolute atomic E-state index is 0.0667. The van der Waals surface area contributed by atoms with Crippen molar-refractivity contribution in [2.24, 2.45) is 0 Å². The number of hydrogen-bond donors (Lipinski definition) is 2. The smallest absolute Gasteiger partial charge is 0.339 e. The molecule has 32 heavy (non-hydrogen) atoms. The number of nitrogens with one attached hydrogen (secondary N) is 2. The topological polar surface area (TPSA) is 145 Å². The van der Waals surface area contributed by atoms with E-state index in [-0.39, 0.29) is 27.8 Å². The lowest BCUT2D eigenvalue weighted by molar-refractivity contribution is -0.385. The predicted molar refractivity (Wildman–Crippen MR) is 115 cm³/mol. The first-order valence-electron chi connectivity index (χ1n) is 9.12. The highest BCUT2D eigenvalue weighted by atomic mass is 32.2. The number of carbonyl (C=O) groups is 2. The van der Waals surface area contributed by atoms with Gasteiger partial charge < -0.3 is 14.8 Å². The molecule has 0 aromatic heterocycles. The monoisotopic (exact) mass is 455 g/mol. The van der Waals surface area contributed by atoms with Crippen LogP contribution in [0.3, 0.4) is 0 Å². The van der Waals surface area contributed by atoms with Crippen molar-refractivity contribution in [3.05, 3.63) is 94.0 Å². The highest BCUT2D eigenvalue weighted by molar-refractivity contribution is 7.87. The second-order valence-electron chi connectivity index (χ2n) is 6.43. The number of non-ortho nitro benzene ring substituents is 1. The number of carbonyl (C=O) groups excluding carboxylic acids is 2. The summed E-state index contributed by atoms with van der Waals surface area (Å²) in [5.74, 6) is -0.771. The first-order chi connectivity index (χ1) is 15.2. The second-order valence-corrected chi connectivity index (χ2v) is 7.97. The van der Waals surface area contributed by atoms with Crippen molar-refractivity contribution in [1.82, 2.24) is 5.32 Å². The van der Waals surface area contributed by atoms with Gasteiger partial charge in [-0.05, 0) is 54.6 Å². The van der Waals surface area contributed by atoms with E-state index in [1.807, 2.05) is 0 Å². The van der Waals surface area contributed by atoms with E-state index in [0.29, 0.717) is 11.3 Å². The van der Waals surface area contributed by atoms with Crippen molar-refractivity contribution in [2.75, 3.05) is 12.4 Å². The van der Waals surface area contributed by atoms with Crippen molar-refractivity contribution >= 4 is 33.3 Å². The maximum atomic E-state index is 12.4. The fourth-order valence-corrected chi connectivity index (χ4v) is 3.61. The second kappa shape index (κ2) is 9.27. The molecule has 0 spiro atoms. The van der Waals surface area contributed by atoms with Crippen LogP contribution in [-0.4, -0.2) is 32.2 Å². The number of amides is 2. The van der Waals surface area contributed by atoms with Gasteiger partial charge in [0.05, 0.1) is 4.92 Å². The first kappa shape index (κ1) is 22.4. The lowest BCUT2D eigenvalue weighted by Crippen LogP contribution is -2.17. The third-order valence-corrected chi connectivity index (χ3v) is 5.51. The molecule has 0 radical (unpaired) electrons. The van der Waals surface area contributed by atoms with Crippen LogP contribution in [0.25, 0.3) is 0 Å². The number of nitro groups is 1. The Morgan fingerprint density at radius 2 is 1.50 bits per heavy atom. The van der Waals surface area contributed by atoms with E-state index < -0.39 is 20.9 Å². The predicted octanol–water partition coefficient (Wildman–Crippen LogP) is 2.97. The van der Waals surface area contributed by atoms with Crippen LogP contribution in [0.1, 0.15) is 20.7 Å². The highest BCUT2D eigenvalue weighted by Gasteiger charge is 2.20. The molecule has 0 unspecified atom stereocenters. The number of nitrogens with zero attached hydrogens (tertiary/aromatic N) is 1. The molecule has 0 saturated heterocycles. The third kappa shape index (κ3) is 5.26. The molecule has 2 N–H and O–H groups in total. The van der Waals surface area contributed by atoms with Gasteiger partial charge in [-0.25, -0.2) is 0 Å². The SMILES string of the molecule is CNC(=O)c1ccc(NC(=O)c2ccc(OS(=O)(=O)c3cccc([N+](=O)[O-])c3)cc2)cc1. The Balaban J connectivity index is 1.69. The van der Waals surface area contributed by atoms with Gasteiger partial charge >= 0.3 is 10.1 Å². The minimum atomic E-state index is -4.30. The van der Waals surface area contributed by atoms with Crippen LogP contribution < -0.4 is 14.8 Å². The molecule has 0 fully saturated rings. The summed E-state index contributed by atoms with van der Waals surface area (Å²) in [7, 11) is -2.79. The van der Waals surface area contributed by atoms with Crippen molar-refractivity contribution in [2.45, 2.75) is 4.90 Å². The maximum Gasteiger partial charge on any atom is 0.339 e. The molecule has 0 heterocycles. The van der Waals surface area contributed by atoms with Gasteiger partial charge in [0.15, 0.2) is 0 Å². The Hall–Kier alpha value is -4.25. The van der Waals surface area contributed by atoms with Crippen molar-refractivity contribution in [3.8, 4) is 5.75 Å². The van der Waals surface area contributed by atoms with Gasteiger partial charge in [-0.2, -0.15) is 8.42 Å². The first-order valence-corrected chi connectivity index (χ1v) is 10.5. The Morgan fingerprint density at radius 1 is 0.906 bits per heavy atom. The number of hydrogen-bond acceptors (Lipinski definition) is 7. The summed E-state index contributed by atoms with van der Waals surface area (Å²) < 4.78 is 29.8. The van der Waals surface area contributed by atoms with Crippen LogP contribution >= 0.6 is 0 Å². The molecule has 10 nitrogen and oxygen atoms in total. The highest BCUT2D eigenvalue weighted by Crippen LogP contribution is 2.22. The standard InChI is InChI=1S/C21H17N3O7S/c1-22-20(25)14-5-9-16(10-6-14)23-21(26)15-7-11-18(12-8-15)31-32(29,30)19-4-2-3-17(13-19)24(27)28/h2-13H,1H3,(H,22,25)(H,23,26). The summed E-state index contributed by atoms with van der Waals surface area (Å²) in [6.45, 7) is 0. The molecule has 3 aromatic rings. The molecule has 3 aromatic carbocycles. The quantitative estimate of drug-likeness (QED) is 0.316. The Morgan fingerprint density at radius 3 is 2.09 bits per heavy atom. The van der Waals surface area contributed by atoms with Crippen molar-refractivity contribution in [1.29, 1.82) is 0 Å². The Labute approximate surface area is 183 Å². The zero-order valence-corrected chi connectivity index (χ0v) is 17.5. The van der Waals surface area contributed by atoms with Crippen LogP contribution in [0, 0.1) is 10.1 Å². The number of nitro benzene ring substituents is 1. The summed E-state index contributed by atoms with van der Waals surface area (Å²) in [6, 6.07) is 16.1. The molecule has 0 bridgehead atoms. The zero-order chi connectivity index (χ0) is 23.3. The van der Waals surface area contributed by atoms with E-state index in [4.69, 9.17) is 4.18 Å². The molecule has 11 heteroatoms. The van der Waals surface area contributed by atoms with Crippen molar-refractivity contribution in [3.63, 3.8) is 0 Å². The molecule has 0 aliphatic rings. The maximum absolute atomic E-state index is 12.4. The molecular formula is C21H17N3O7S. The third-order valence-electron chi connectivity index (χ3n) is 4.27. The summed E-state index contributed by atoms with van der Waals surface area (Å²) in [5, 5.41) is 16.0. The molecule has 0 aliphatic heterocycles.